The highest BCUT2D eigenvalue weighted by Crippen LogP contribution is 2.30. The van der Waals surface area contributed by atoms with Crippen LogP contribution in [0.15, 0.2) is 24.3 Å². The fourth-order valence-corrected chi connectivity index (χ4v) is 3.15. The quantitative estimate of drug-likeness (QED) is 0.875. The summed E-state index contributed by atoms with van der Waals surface area (Å²) in [5.41, 5.74) is 0.952. The van der Waals surface area contributed by atoms with Crippen molar-refractivity contribution in [1.29, 1.82) is 0 Å². The summed E-state index contributed by atoms with van der Waals surface area (Å²) in [6.45, 7) is 0.498. The Morgan fingerprint density at radius 3 is 2.60 bits per heavy atom. The molecule has 1 aromatic rings. The molecule has 0 spiro atoms. The first-order valence-electron chi connectivity index (χ1n) is 7.34. The molecule has 1 fully saturated rings. The average Bonchev–Trinajstić information content (AvgIpc) is 2.47. The molecule has 0 saturated heterocycles. The molecule has 0 radical (unpaired) electrons. The van der Waals surface area contributed by atoms with Crippen molar-refractivity contribution in [3.8, 4) is 0 Å². The summed E-state index contributed by atoms with van der Waals surface area (Å²) < 4.78 is 0. The molecule has 0 atom stereocenters. The lowest BCUT2D eigenvalue weighted by molar-refractivity contribution is -0.123. The molecule has 1 saturated carbocycles. The molecular weight excluding hydrogens is 272 g/mol. The number of halogens is 1. The standard InChI is InChI=1S/C16H23ClN2O/c1-18-16(9-5-2-6-10-16)11-15(20)19-12-13-7-3-4-8-14(13)17/h3-4,7-8,18H,2,5-6,9-12H2,1H3,(H,19,20). The van der Waals surface area contributed by atoms with E-state index in [4.69, 9.17) is 11.6 Å². The molecule has 1 aromatic carbocycles. The largest absolute Gasteiger partial charge is 0.352 e. The summed E-state index contributed by atoms with van der Waals surface area (Å²) in [5.74, 6) is 0.0983. The van der Waals surface area contributed by atoms with E-state index < -0.39 is 0 Å². The second-order valence-electron chi connectivity index (χ2n) is 5.64. The Labute approximate surface area is 126 Å². The van der Waals surface area contributed by atoms with Gasteiger partial charge in [-0.1, -0.05) is 49.1 Å². The molecule has 20 heavy (non-hydrogen) atoms. The van der Waals surface area contributed by atoms with E-state index >= 15 is 0 Å². The van der Waals surface area contributed by atoms with E-state index in [1.807, 2.05) is 31.3 Å². The van der Waals surface area contributed by atoms with Crippen LogP contribution < -0.4 is 10.6 Å². The summed E-state index contributed by atoms with van der Waals surface area (Å²) in [5, 5.41) is 7.06. The van der Waals surface area contributed by atoms with Gasteiger partial charge in [0.25, 0.3) is 0 Å². The summed E-state index contributed by atoms with van der Waals surface area (Å²) >= 11 is 6.09. The van der Waals surface area contributed by atoms with E-state index in [0.29, 0.717) is 18.0 Å². The van der Waals surface area contributed by atoms with Crippen molar-refractivity contribution >= 4 is 17.5 Å². The topological polar surface area (TPSA) is 41.1 Å². The van der Waals surface area contributed by atoms with Crippen LogP contribution in [0.25, 0.3) is 0 Å². The smallest absolute Gasteiger partial charge is 0.222 e. The fourth-order valence-electron chi connectivity index (χ4n) is 2.95. The van der Waals surface area contributed by atoms with E-state index in [-0.39, 0.29) is 11.4 Å². The predicted octanol–water partition coefficient (Wildman–Crippen LogP) is 3.27. The average molecular weight is 295 g/mol. The number of nitrogens with one attached hydrogen (secondary N) is 2. The van der Waals surface area contributed by atoms with Crippen LogP contribution in [0.1, 0.15) is 44.1 Å². The third kappa shape index (κ3) is 3.97. The third-order valence-electron chi connectivity index (χ3n) is 4.27. The van der Waals surface area contributed by atoms with Crippen molar-refractivity contribution in [3.63, 3.8) is 0 Å². The van der Waals surface area contributed by atoms with Crippen molar-refractivity contribution in [2.24, 2.45) is 0 Å². The number of rotatable bonds is 5. The highest BCUT2D eigenvalue weighted by atomic mass is 35.5. The van der Waals surface area contributed by atoms with Crippen LogP contribution in [0.3, 0.4) is 0 Å². The lowest BCUT2D eigenvalue weighted by atomic mass is 9.79. The van der Waals surface area contributed by atoms with Gasteiger partial charge in [0.1, 0.15) is 0 Å². The lowest BCUT2D eigenvalue weighted by Crippen LogP contribution is -2.48. The lowest BCUT2D eigenvalue weighted by Gasteiger charge is -2.36. The molecule has 0 aliphatic heterocycles. The number of carbonyl (C=O) groups excluding carboxylic acids is 1. The zero-order valence-corrected chi connectivity index (χ0v) is 12.8. The van der Waals surface area contributed by atoms with E-state index in [9.17, 15) is 4.79 Å². The van der Waals surface area contributed by atoms with E-state index in [1.165, 1.54) is 19.3 Å². The molecule has 0 bridgehead atoms. The number of amides is 1. The molecular formula is C16H23ClN2O. The van der Waals surface area contributed by atoms with Gasteiger partial charge in [-0.2, -0.15) is 0 Å². The first-order chi connectivity index (χ1) is 9.65. The minimum Gasteiger partial charge on any atom is -0.352 e. The van der Waals surface area contributed by atoms with Gasteiger partial charge in [0, 0.05) is 23.5 Å². The molecule has 110 valence electrons. The Morgan fingerprint density at radius 2 is 1.95 bits per heavy atom. The highest BCUT2D eigenvalue weighted by molar-refractivity contribution is 6.31. The summed E-state index contributed by atoms with van der Waals surface area (Å²) in [6.07, 6.45) is 6.42. The fraction of sp³-hybridized carbons (Fsp3) is 0.562. The minimum atomic E-state index is -0.0111. The molecule has 2 N–H and O–H groups in total. The van der Waals surface area contributed by atoms with E-state index in [1.54, 1.807) is 0 Å². The molecule has 1 aliphatic rings. The van der Waals surface area contributed by atoms with Gasteiger partial charge in [-0.05, 0) is 31.5 Å². The van der Waals surface area contributed by atoms with Gasteiger partial charge < -0.3 is 10.6 Å². The Hall–Kier alpha value is -1.06. The zero-order valence-electron chi connectivity index (χ0n) is 12.0. The maximum Gasteiger partial charge on any atom is 0.222 e. The van der Waals surface area contributed by atoms with Crippen LogP contribution >= 0.6 is 11.6 Å². The van der Waals surface area contributed by atoms with Crippen LogP contribution in [0.5, 0.6) is 0 Å². The van der Waals surface area contributed by atoms with Gasteiger partial charge in [-0.3, -0.25) is 4.79 Å². The van der Waals surface area contributed by atoms with Crippen LogP contribution in [0.4, 0.5) is 0 Å². The van der Waals surface area contributed by atoms with Crippen LogP contribution in [-0.2, 0) is 11.3 Å². The number of hydrogen-bond donors (Lipinski definition) is 2. The van der Waals surface area contributed by atoms with Gasteiger partial charge in [0.15, 0.2) is 0 Å². The molecule has 0 unspecified atom stereocenters. The summed E-state index contributed by atoms with van der Waals surface area (Å²) in [6, 6.07) is 7.62. The Bertz CT molecular complexity index is 456. The molecule has 0 heterocycles. The third-order valence-corrected chi connectivity index (χ3v) is 4.64. The molecule has 1 amide bonds. The molecule has 0 aromatic heterocycles. The SMILES string of the molecule is CNC1(CC(=O)NCc2ccccc2Cl)CCCCC1. The Kier molecular flexibility index (Phi) is 5.44. The van der Waals surface area contributed by atoms with Gasteiger partial charge in [0.2, 0.25) is 5.91 Å². The first-order valence-corrected chi connectivity index (χ1v) is 7.72. The van der Waals surface area contributed by atoms with Crippen LogP contribution in [0.2, 0.25) is 5.02 Å². The van der Waals surface area contributed by atoms with Crippen LogP contribution in [0, 0.1) is 0 Å². The minimum absolute atomic E-state index is 0.0111. The number of benzene rings is 1. The Balaban J connectivity index is 1.87. The molecule has 4 heteroatoms. The summed E-state index contributed by atoms with van der Waals surface area (Å²) in [7, 11) is 1.96. The predicted molar refractivity (Wildman–Crippen MR) is 82.8 cm³/mol. The second kappa shape index (κ2) is 7.09. The number of hydrogen-bond acceptors (Lipinski definition) is 2. The van der Waals surface area contributed by atoms with E-state index in [2.05, 4.69) is 10.6 Å². The van der Waals surface area contributed by atoms with Crippen molar-refractivity contribution in [3.05, 3.63) is 34.9 Å². The van der Waals surface area contributed by atoms with Crippen molar-refractivity contribution < 1.29 is 4.79 Å². The van der Waals surface area contributed by atoms with Gasteiger partial charge >= 0.3 is 0 Å². The molecule has 1 aliphatic carbocycles. The van der Waals surface area contributed by atoms with E-state index in [0.717, 1.165) is 18.4 Å². The molecule has 3 nitrogen and oxygen atoms in total. The van der Waals surface area contributed by atoms with Gasteiger partial charge in [-0.25, -0.2) is 0 Å². The highest BCUT2D eigenvalue weighted by Gasteiger charge is 2.32. The van der Waals surface area contributed by atoms with Crippen LogP contribution in [-0.4, -0.2) is 18.5 Å². The van der Waals surface area contributed by atoms with Crippen molar-refractivity contribution in [2.75, 3.05) is 7.05 Å². The molecule has 2 rings (SSSR count). The second-order valence-corrected chi connectivity index (χ2v) is 6.04. The van der Waals surface area contributed by atoms with Crippen molar-refractivity contribution in [2.45, 2.75) is 50.6 Å². The summed E-state index contributed by atoms with van der Waals surface area (Å²) in [4.78, 5) is 12.2. The monoisotopic (exact) mass is 294 g/mol. The first kappa shape index (κ1) is 15.3. The Morgan fingerprint density at radius 1 is 1.25 bits per heavy atom. The maximum absolute atomic E-state index is 12.2. The normalized spacial score (nSPS) is 17.7. The zero-order chi connectivity index (χ0) is 14.4. The maximum atomic E-state index is 12.2. The van der Waals surface area contributed by atoms with Gasteiger partial charge in [-0.15, -0.1) is 0 Å². The van der Waals surface area contributed by atoms with Gasteiger partial charge in [0.05, 0.1) is 0 Å². The number of carbonyl (C=O) groups is 1. The van der Waals surface area contributed by atoms with Crippen molar-refractivity contribution in [1.82, 2.24) is 10.6 Å².